The standard InChI is InChI=1S/C24H30N2O2/c1-5-6-12-20-14-15-21(22(25-20)16-13-17(2)27)24-26(4)18(3)23(28-24)19-10-8-7-9-11-19/h7-11,13-16,18,23-24H,5-6,12H2,1-4H3/b16-13+/t18-,23?,24?/m0/s1. The molecular weight excluding hydrogens is 348 g/mol. The minimum atomic E-state index is -0.195. The van der Waals surface area contributed by atoms with E-state index in [1.807, 2.05) is 24.3 Å². The molecule has 0 radical (unpaired) electrons. The molecule has 1 aliphatic heterocycles. The normalized spacial score (nSPS) is 22.8. The maximum absolute atomic E-state index is 11.5. The molecule has 1 saturated heterocycles. The van der Waals surface area contributed by atoms with Crippen LogP contribution in [-0.2, 0) is 16.0 Å². The summed E-state index contributed by atoms with van der Waals surface area (Å²) in [5.74, 6) is 0.0166. The van der Waals surface area contributed by atoms with Crippen molar-refractivity contribution in [1.29, 1.82) is 0 Å². The van der Waals surface area contributed by atoms with Crippen molar-refractivity contribution in [3.63, 3.8) is 0 Å². The first-order valence-electron chi connectivity index (χ1n) is 10.1. The van der Waals surface area contributed by atoms with Gasteiger partial charge in [-0.2, -0.15) is 0 Å². The number of nitrogens with zero attached hydrogens (tertiary/aromatic N) is 2. The van der Waals surface area contributed by atoms with Crippen LogP contribution < -0.4 is 0 Å². The molecule has 1 fully saturated rings. The Kier molecular flexibility index (Phi) is 6.76. The van der Waals surface area contributed by atoms with Crippen LogP contribution in [0.25, 0.3) is 6.08 Å². The fourth-order valence-corrected chi connectivity index (χ4v) is 3.63. The molecule has 0 saturated carbocycles. The van der Waals surface area contributed by atoms with Crippen LogP contribution >= 0.6 is 0 Å². The third-order valence-corrected chi connectivity index (χ3v) is 5.40. The van der Waals surface area contributed by atoms with E-state index in [0.29, 0.717) is 0 Å². The van der Waals surface area contributed by atoms with E-state index in [1.54, 1.807) is 13.0 Å². The lowest BCUT2D eigenvalue weighted by Gasteiger charge is -2.22. The molecule has 1 aromatic heterocycles. The van der Waals surface area contributed by atoms with Crippen LogP contribution in [0.15, 0.2) is 48.5 Å². The Hall–Kier alpha value is -2.30. The van der Waals surface area contributed by atoms with Gasteiger partial charge in [-0.25, -0.2) is 0 Å². The Morgan fingerprint density at radius 3 is 2.64 bits per heavy atom. The molecular formula is C24H30N2O2. The summed E-state index contributed by atoms with van der Waals surface area (Å²) in [7, 11) is 2.09. The van der Waals surface area contributed by atoms with Crippen molar-refractivity contribution in [2.45, 2.75) is 58.4 Å². The average Bonchev–Trinajstić information content (AvgIpc) is 3.00. The van der Waals surface area contributed by atoms with E-state index in [9.17, 15) is 4.79 Å². The number of allylic oxidation sites excluding steroid dienone is 1. The number of unbranched alkanes of at least 4 members (excludes halogenated alkanes) is 1. The zero-order valence-corrected chi connectivity index (χ0v) is 17.3. The first-order chi connectivity index (χ1) is 13.5. The second-order valence-electron chi connectivity index (χ2n) is 7.55. The van der Waals surface area contributed by atoms with Gasteiger partial charge in [-0.15, -0.1) is 0 Å². The highest BCUT2D eigenvalue weighted by molar-refractivity contribution is 5.91. The molecule has 1 aliphatic rings. The molecule has 28 heavy (non-hydrogen) atoms. The zero-order chi connectivity index (χ0) is 20.1. The van der Waals surface area contributed by atoms with E-state index in [0.717, 1.165) is 36.2 Å². The summed E-state index contributed by atoms with van der Waals surface area (Å²) in [5, 5.41) is 0. The van der Waals surface area contributed by atoms with Crippen LogP contribution in [0.2, 0.25) is 0 Å². The number of benzene rings is 1. The zero-order valence-electron chi connectivity index (χ0n) is 17.3. The van der Waals surface area contributed by atoms with Crippen molar-refractivity contribution in [2.24, 2.45) is 0 Å². The van der Waals surface area contributed by atoms with Gasteiger partial charge in [-0.05, 0) is 57.5 Å². The van der Waals surface area contributed by atoms with Crippen molar-refractivity contribution in [1.82, 2.24) is 9.88 Å². The minimum Gasteiger partial charge on any atom is -0.349 e. The topological polar surface area (TPSA) is 42.4 Å². The fraction of sp³-hybridized carbons (Fsp3) is 0.417. The molecule has 0 amide bonds. The van der Waals surface area contributed by atoms with Gasteiger partial charge in [-0.1, -0.05) is 49.7 Å². The van der Waals surface area contributed by atoms with Crippen LogP contribution in [0, 0.1) is 0 Å². The van der Waals surface area contributed by atoms with E-state index < -0.39 is 0 Å². The molecule has 1 aromatic carbocycles. The van der Waals surface area contributed by atoms with Gasteiger partial charge in [0.1, 0.15) is 12.3 Å². The first kappa shape index (κ1) is 20.4. The maximum atomic E-state index is 11.5. The number of hydrogen-bond acceptors (Lipinski definition) is 4. The third-order valence-electron chi connectivity index (χ3n) is 5.40. The second-order valence-corrected chi connectivity index (χ2v) is 7.55. The highest BCUT2D eigenvalue weighted by Crippen LogP contribution is 2.42. The molecule has 2 heterocycles. The van der Waals surface area contributed by atoms with Crippen molar-refractivity contribution < 1.29 is 9.53 Å². The molecule has 0 aliphatic carbocycles. The lowest BCUT2D eigenvalue weighted by molar-refractivity contribution is -0.112. The highest BCUT2D eigenvalue weighted by Gasteiger charge is 2.39. The fourth-order valence-electron chi connectivity index (χ4n) is 3.63. The SMILES string of the molecule is CCCCc1ccc(C2OC(c3ccccc3)[C@H](C)N2C)c(/C=C/C(C)=O)n1. The average molecular weight is 379 g/mol. The van der Waals surface area contributed by atoms with Crippen molar-refractivity contribution >= 4 is 11.9 Å². The number of aryl methyl sites for hydroxylation is 1. The van der Waals surface area contributed by atoms with Crippen LogP contribution in [0.5, 0.6) is 0 Å². The predicted octanol–water partition coefficient (Wildman–Crippen LogP) is 5.12. The van der Waals surface area contributed by atoms with Crippen molar-refractivity contribution in [2.75, 3.05) is 7.05 Å². The van der Waals surface area contributed by atoms with Crippen LogP contribution in [0.4, 0.5) is 0 Å². The minimum absolute atomic E-state index is 0.000560. The number of ether oxygens (including phenoxy) is 1. The van der Waals surface area contributed by atoms with Gasteiger partial charge in [0.25, 0.3) is 0 Å². The van der Waals surface area contributed by atoms with E-state index in [4.69, 9.17) is 9.72 Å². The summed E-state index contributed by atoms with van der Waals surface area (Å²) >= 11 is 0. The number of ketones is 1. The number of carbonyl (C=O) groups is 1. The first-order valence-corrected chi connectivity index (χ1v) is 10.1. The van der Waals surface area contributed by atoms with Gasteiger partial charge < -0.3 is 4.74 Å². The molecule has 0 N–H and O–H groups in total. The third kappa shape index (κ3) is 4.57. The van der Waals surface area contributed by atoms with Crippen LogP contribution in [-0.4, -0.2) is 28.8 Å². The van der Waals surface area contributed by atoms with E-state index in [2.05, 4.69) is 50.1 Å². The van der Waals surface area contributed by atoms with Gasteiger partial charge in [-0.3, -0.25) is 14.7 Å². The Labute approximate surface area is 168 Å². The molecule has 2 aromatic rings. The molecule has 3 atom stereocenters. The number of hydrogen-bond donors (Lipinski definition) is 0. The molecule has 2 unspecified atom stereocenters. The Morgan fingerprint density at radius 2 is 1.96 bits per heavy atom. The number of rotatable bonds is 7. The van der Waals surface area contributed by atoms with Crippen molar-refractivity contribution in [3.05, 3.63) is 71.1 Å². The summed E-state index contributed by atoms with van der Waals surface area (Å²) in [6, 6.07) is 14.8. The molecule has 0 spiro atoms. The van der Waals surface area contributed by atoms with Gasteiger partial charge in [0, 0.05) is 17.3 Å². The molecule has 3 rings (SSSR count). The summed E-state index contributed by atoms with van der Waals surface area (Å²) in [5.41, 5.74) is 4.06. The van der Waals surface area contributed by atoms with Gasteiger partial charge >= 0.3 is 0 Å². The number of carbonyl (C=O) groups excluding carboxylic acids is 1. The van der Waals surface area contributed by atoms with Crippen LogP contribution in [0.1, 0.15) is 68.5 Å². The largest absolute Gasteiger partial charge is 0.349 e. The highest BCUT2D eigenvalue weighted by atomic mass is 16.5. The second kappa shape index (κ2) is 9.26. The van der Waals surface area contributed by atoms with Gasteiger partial charge in [0.05, 0.1) is 5.69 Å². The van der Waals surface area contributed by atoms with Crippen LogP contribution in [0.3, 0.4) is 0 Å². The summed E-state index contributed by atoms with van der Waals surface area (Å²) in [6.45, 7) is 5.92. The predicted molar refractivity (Wildman–Crippen MR) is 113 cm³/mol. The summed E-state index contributed by atoms with van der Waals surface area (Å²) in [4.78, 5) is 18.6. The number of aromatic nitrogens is 1. The number of pyridine rings is 1. The quantitative estimate of drug-likeness (QED) is 0.628. The lowest BCUT2D eigenvalue weighted by Crippen LogP contribution is -2.27. The molecule has 4 heteroatoms. The molecule has 4 nitrogen and oxygen atoms in total. The Morgan fingerprint density at radius 1 is 1.21 bits per heavy atom. The monoisotopic (exact) mass is 378 g/mol. The summed E-state index contributed by atoms with van der Waals surface area (Å²) in [6.07, 6.45) is 6.40. The van der Waals surface area contributed by atoms with Gasteiger partial charge in [0.2, 0.25) is 0 Å². The van der Waals surface area contributed by atoms with Gasteiger partial charge in [0.15, 0.2) is 5.78 Å². The number of likely N-dealkylation sites (N-methyl/N-ethyl adjacent to an activating group) is 1. The maximum Gasteiger partial charge on any atom is 0.152 e. The van der Waals surface area contributed by atoms with E-state index in [1.165, 1.54) is 5.56 Å². The Balaban J connectivity index is 1.93. The Bertz CT molecular complexity index is 832. The van der Waals surface area contributed by atoms with E-state index >= 15 is 0 Å². The molecule has 148 valence electrons. The summed E-state index contributed by atoms with van der Waals surface area (Å²) < 4.78 is 6.49. The van der Waals surface area contributed by atoms with E-state index in [-0.39, 0.29) is 24.2 Å². The smallest absolute Gasteiger partial charge is 0.152 e. The molecule has 0 bridgehead atoms. The lowest BCUT2D eigenvalue weighted by atomic mass is 10.0. The van der Waals surface area contributed by atoms with Crippen molar-refractivity contribution in [3.8, 4) is 0 Å².